The van der Waals surface area contributed by atoms with Crippen LogP contribution in [0, 0.1) is 0 Å². The van der Waals surface area contributed by atoms with Crippen LogP contribution in [-0.2, 0) is 4.79 Å². The third kappa shape index (κ3) is 7.65. The lowest BCUT2D eigenvalue weighted by Gasteiger charge is -2.21. The molecular formula is C12H26N2O2. The summed E-state index contributed by atoms with van der Waals surface area (Å²) in [7, 11) is 4.08. The number of nitrogens with zero attached hydrogens (tertiary/aromatic N) is 2. The van der Waals surface area contributed by atoms with Crippen molar-refractivity contribution in [2.75, 3.05) is 40.3 Å². The fourth-order valence-corrected chi connectivity index (χ4v) is 1.58. The van der Waals surface area contributed by atoms with Gasteiger partial charge in [0.2, 0.25) is 5.91 Å². The second-order valence-corrected chi connectivity index (χ2v) is 4.31. The number of aliphatic hydroxyl groups is 1. The molecule has 0 fully saturated rings. The van der Waals surface area contributed by atoms with Crippen LogP contribution in [0.15, 0.2) is 0 Å². The first-order valence-electron chi connectivity index (χ1n) is 6.15. The van der Waals surface area contributed by atoms with E-state index in [0.717, 1.165) is 38.9 Å². The van der Waals surface area contributed by atoms with Crippen molar-refractivity contribution in [2.45, 2.75) is 32.6 Å². The van der Waals surface area contributed by atoms with E-state index in [1.54, 1.807) is 0 Å². The number of carbonyl (C=O) groups excluding carboxylic acids is 1. The zero-order valence-electron chi connectivity index (χ0n) is 10.9. The minimum atomic E-state index is 0.181. The van der Waals surface area contributed by atoms with Crippen LogP contribution in [0.4, 0.5) is 0 Å². The van der Waals surface area contributed by atoms with Crippen molar-refractivity contribution in [3.8, 4) is 0 Å². The van der Waals surface area contributed by atoms with Gasteiger partial charge in [0.25, 0.3) is 0 Å². The number of carbonyl (C=O) groups is 1. The van der Waals surface area contributed by atoms with Gasteiger partial charge in [-0.1, -0.05) is 0 Å². The Balaban J connectivity index is 3.74. The van der Waals surface area contributed by atoms with Crippen LogP contribution in [0.25, 0.3) is 0 Å². The number of hydrogen-bond acceptors (Lipinski definition) is 3. The molecule has 0 aromatic heterocycles. The Morgan fingerprint density at radius 3 is 2.31 bits per heavy atom. The van der Waals surface area contributed by atoms with Gasteiger partial charge < -0.3 is 14.9 Å². The summed E-state index contributed by atoms with van der Waals surface area (Å²) < 4.78 is 0. The molecule has 16 heavy (non-hydrogen) atoms. The first-order chi connectivity index (χ1) is 7.61. The molecule has 0 aliphatic rings. The van der Waals surface area contributed by atoms with Gasteiger partial charge in [0.15, 0.2) is 0 Å². The quantitative estimate of drug-likeness (QED) is 0.600. The van der Waals surface area contributed by atoms with Crippen LogP contribution in [0.3, 0.4) is 0 Å². The smallest absolute Gasteiger partial charge is 0.222 e. The zero-order chi connectivity index (χ0) is 12.4. The van der Waals surface area contributed by atoms with Crippen LogP contribution in [0.5, 0.6) is 0 Å². The minimum Gasteiger partial charge on any atom is -0.396 e. The van der Waals surface area contributed by atoms with E-state index in [9.17, 15) is 4.79 Å². The van der Waals surface area contributed by atoms with Crippen molar-refractivity contribution in [1.29, 1.82) is 0 Å². The highest BCUT2D eigenvalue weighted by Crippen LogP contribution is 2.02. The van der Waals surface area contributed by atoms with Crippen molar-refractivity contribution in [1.82, 2.24) is 9.80 Å². The van der Waals surface area contributed by atoms with Crippen LogP contribution < -0.4 is 0 Å². The van der Waals surface area contributed by atoms with Gasteiger partial charge in [0.05, 0.1) is 0 Å². The van der Waals surface area contributed by atoms with Crippen molar-refractivity contribution >= 4 is 5.91 Å². The van der Waals surface area contributed by atoms with Crippen LogP contribution in [0.1, 0.15) is 32.6 Å². The SMILES string of the molecule is CCN(CCCN(C)C)C(=O)CCCCO. The highest BCUT2D eigenvalue weighted by molar-refractivity contribution is 5.76. The fourth-order valence-electron chi connectivity index (χ4n) is 1.58. The van der Waals surface area contributed by atoms with Crippen molar-refractivity contribution in [2.24, 2.45) is 0 Å². The third-order valence-electron chi connectivity index (χ3n) is 2.57. The van der Waals surface area contributed by atoms with Crippen molar-refractivity contribution in [3.63, 3.8) is 0 Å². The summed E-state index contributed by atoms with van der Waals surface area (Å²) in [5, 5.41) is 8.65. The van der Waals surface area contributed by atoms with Gasteiger partial charge in [-0.15, -0.1) is 0 Å². The van der Waals surface area contributed by atoms with Gasteiger partial charge in [-0.2, -0.15) is 0 Å². The maximum Gasteiger partial charge on any atom is 0.222 e. The molecule has 0 bridgehead atoms. The Kier molecular flexibility index (Phi) is 9.24. The molecule has 0 radical (unpaired) electrons. The largest absolute Gasteiger partial charge is 0.396 e. The molecule has 0 spiro atoms. The molecule has 0 aliphatic heterocycles. The summed E-state index contributed by atoms with van der Waals surface area (Å²) in [4.78, 5) is 15.8. The van der Waals surface area contributed by atoms with E-state index in [4.69, 9.17) is 5.11 Å². The second kappa shape index (κ2) is 9.60. The molecule has 0 heterocycles. The lowest BCUT2D eigenvalue weighted by Crippen LogP contribution is -2.33. The van der Waals surface area contributed by atoms with E-state index in [2.05, 4.69) is 4.90 Å². The maximum atomic E-state index is 11.8. The summed E-state index contributed by atoms with van der Waals surface area (Å²) in [5.74, 6) is 0.217. The topological polar surface area (TPSA) is 43.8 Å². The molecular weight excluding hydrogens is 204 g/mol. The third-order valence-corrected chi connectivity index (χ3v) is 2.57. The highest BCUT2D eigenvalue weighted by atomic mass is 16.3. The monoisotopic (exact) mass is 230 g/mol. The Morgan fingerprint density at radius 1 is 1.12 bits per heavy atom. The van der Waals surface area contributed by atoms with Gasteiger partial charge in [0.1, 0.15) is 0 Å². The lowest BCUT2D eigenvalue weighted by atomic mass is 10.2. The zero-order valence-corrected chi connectivity index (χ0v) is 10.9. The molecule has 4 nitrogen and oxygen atoms in total. The number of amides is 1. The first-order valence-corrected chi connectivity index (χ1v) is 6.15. The van der Waals surface area contributed by atoms with Crippen LogP contribution >= 0.6 is 0 Å². The average molecular weight is 230 g/mol. The van der Waals surface area contributed by atoms with Crippen LogP contribution in [-0.4, -0.2) is 61.2 Å². The number of unbranched alkanes of at least 4 members (excludes halogenated alkanes) is 1. The fraction of sp³-hybridized carbons (Fsp3) is 0.917. The van der Waals surface area contributed by atoms with E-state index in [-0.39, 0.29) is 12.5 Å². The molecule has 0 aliphatic carbocycles. The Morgan fingerprint density at radius 2 is 1.81 bits per heavy atom. The highest BCUT2D eigenvalue weighted by Gasteiger charge is 2.10. The van der Waals surface area contributed by atoms with Gasteiger partial charge in [0, 0.05) is 26.1 Å². The van der Waals surface area contributed by atoms with Crippen molar-refractivity contribution in [3.05, 3.63) is 0 Å². The van der Waals surface area contributed by atoms with Crippen LogP contribution in [0.2, 0.25) is 0 Å². The van der Waals surface area contributed by atoms with Gasteiger partial charge in [-0.05, 0) is 46.8 Å². The standard InChI is InChI=1S/C12H26N2O2/c1-4-14(10-7-9-13(2)3)12(16)8-5-6-11-15/h15H,4-11H2,1-3H3. The predicted octanol–water partition coefficient (Wildman–Crippen LogP) is 0.949. The molecule has 0 aromatic carbocycles. The van der Waals surface area contributed by atoms with Gasteiger partial charge in [-0.25, -0.2) is 0 Å². The molecule has 0 aromatic rings. The maximum absolute atomic E-state index is 11.8. The first kappa shape index (κ1) is 15.4. The molecule has 0 saturated carbocycles. The molecule has 1 N–H and O–H groups in total. The Labute approximate surface area is 99.2 Å². The van der Waals surface area contributed by atoms with Crippen molar-refractivity contribution < 1.29 is 9.90 Å². The van der Waals surface area contributed by atoms with E-state index in [1.807, 2.05) is 25.9 Å². The lowest BCUT2D eigenvalue weighted by molar-refractivity contribution is -0.131. The number of rotatable bonds is 9. The summed E-state index contributed by atoms with van der Waals surface area (Å²) >= 11 is 0. The minimum absolute atomic E-state index is 0.181. The molecule has 96 valence electrons. The number of hydrogen-bond donors (Lipinski definition) is 1. The Hall–Kier alpha value is -0.610. The van der Waals surface area contributed by atoms with Gasteiger partial charge >= 0.3 is 0 Å². The second-order valence-electron chi connectivity index (χ2n) is 4.31. The van der Waals surface area contributed by atoms with Gasteiger partial charge in [-0.3, -0.25) is 4.79 Å². The molecule has 0 unspecified atom stereocenters. The summed E-state index contributed by atoms with van der Waals surface area (Å²) in [6, 6.07) is 0. The average Bonchev–Trinajstić information content (AvgIpc) is 2.24. The van der Waals surface area contributed by atoms with E-state index >= 15 is 0 Å². The number of aliphatic hydroxyl groups excluding tert-OH is 1. The predicted molar refractivity (Wildman–Crippen MR) is 66.4 cm³/mol. The van der Waals surface area contributed by atoms with E-state index < -0.39 is 0 Å². The van der Waals surface area contributed by atoms with E-state index in [0.29, 0.717) is 6.42 Å². The summed E-state index contributed by atoms with van der Waals surface area (Å²) in [5.41, 5.74) is 0. The molecule has 0 saturated heterocycles. The summed E-state index contributed by atoms with van der Waals surface area (Å²) in [6.07, 6.45) is 3.10. The van der Waals surface area contributed by atoms with E-state index in [1.165, 1.54) is 0 Å². The summed E-state index contributed by atoms with van der Waals surface area (Å²) in [6.45, 7) is 4.83. The molecule has 0 rings (SSSR count). The Bertz CT molecular complexity index is 184. The molecule has 0 atom stereocenters. The molecule has 4 heteroatoms. The molecule has 1 amide bonds. The normalized spacial score (nSPS) is 10.8.